The maximum Gasteiger partial charge on any atom is 0.280 e. The molecule has 1 aliphatic rings. The first kappa shape index (κ1) is 15.6. The van der Waals surface area contributed by atoms with Crippen LogP contribution in [0.1, 0.15) is 12.6 Å². The number of aliphatic hydroxyl groups excluding tert-OH is 2. The molecule has 11 heteroatoms. The molecule has 1 fully saturated rings. The van der Waals surface area contributed by atoms with Gasteiger partial charge in [-0.05, 0) is 0 Å². The number of aromatic nitrogens is 6. The molecule has 0 bridgehead atoms. The van der Waals surface area contributed by atoms with E-state index in [1.807, 2.05) is 0 Å². The van der Waals surface area contributed by atoms with Crippen molar-refractivity contribution in [3.05, 3.63) is 35.3 Å². The van der Waals surface area contributed by atoms with Gasteiger partial charge >= 0.3 is 0 Å². The molecule has 4 N–H and O–H groups in total. The number of nitrogens with zero attached hydrogens (tertiary/aromatic N) is 5. The lowest BCUT2D eigenvalue weighted by Gasteiger charge is -2.13. The monoisotopic (exact) mass is 345 g/mol. The Bertz CT molecular complexity index is 941. The van der Waals surface area contributed by atoms with Crippen molar-refractivity contribution in [3.63, 3.8) is 0 Å². The lowest BCUT2D eigenvalue weighted by atomic mass is 10.2. The lowest BCUT2D eigenvalue weighted by molar-refractivity contribution is -0.0432. The van der Waals surface area contributed by atoms with Crippen molar-refractivity contribution in [3.8, 4) is 0 Å². The number of H-pyrrole nitrogens is 1. The third-order valence-corrected chi connectivity index (χ3v) is 3.94. The Morgan fingerprint density at radius 1 is 1.40 bits per heavy atom. The van der Waals surface area contributed by atoms with Crippen LogP contribution in [0.3, 0.4) is 0 Å². The first-order valence-electron chi connectivity index (χ1n) is 7.60. The normalized spacial score (nSPS) is 23.2. The molecule has 3 aromatic heterocycles. The Morgan fingerprint density at radius 3 is 3.00 bits per heavy atom. The number of rotatable bonds is 4. The molecule has 3 atom stereocenters. The minimum absolute atomic E-state index is 0.148. The van der Waals surface area contributed by atoms with E-state index in [0.29, 0.717) is 11.5 Å². The van der Waals surface area contributed by atoms with Crippen molar-refractivity contribution >= 4 is 22.9 Å². The molecule has 0 aromatic carbocycles. The quantitative estimate of drug-likeness (QED) is 0.481. The fourth-order valence-electron chi connectivity index (χ4n) is 2.73. The van der Waals surface area contributed by atoms with E-state index < -0.39 is 24.0 Å². The van der Waals surface area contributed by atoms with Gasteiger partial charge in [0.1, 0.15) is 12.3 Å². The second-order valence-corrected chi connectivity index (χ2v) is 5.57. The number of imidazole rings is 1. The van der Waals surface area contributed by atoms with Crippen LogP contribution in [0, 0.1) is 0 Å². The highest BCUT2D eigenvalue weighted by Gasteiger charge is 2.35. The van der Waals surface area contributed by atoms with Crippen molar-refractivity contribution in [2.45, 2.75) is 24.9 Å². The number of aliphatic hydroxyl groups is 2. The number of hydrogen-bond acceptors (Lipinski definition) is 9. The van der Waals surface area contributed by atoms with Crippen LogP contribution >= 0.6 is 0 Å². The van der Waals surface area contributed by atoms with E-state index >= 15 is 0 Å². The predicted molar refractivity (Wildman–Crippen MR) is 85.1 cm³/mol. The van der Waals surface area contributed by atoms with Crippen molar-refractivity contribution in [2.24, 2.45) is 0 Å². The molecule has 0 unspecified atom stereocenters. The summed E-state index contributed by atoms with van der Waals surface area (Å²) in [6.45, 7) is -0.294. The van der Waals surface area contributed by atoms with E-state index in [9.17, 15) is 15.0 Å². The first-order valence-corrected chi connectivity index (χ1v) is 7.60. The van der Waals surface area contributed by atoms with Gasteiger partial charge in [0.25, 0.3) is 5.56 Å². The second-order valence-electron chi connectivity index (χ2n) is 5.57. The van der Waals surface area contributed by atoms with Crippen molar-refractivity contribution in [2.75, 3.05) is 11.9 Å². The number of aromatic amines is 1. The molecule has 0 saturated carbocycles. The van der Waals surface area contributed by atoms with Gasteiger partial charge in [0.2, 0.25) is 5.95 Å². The molecule has 4 heterocycles. The van der Waals surface area contributed by atoms with Gasteiger partial charge in [-0.15, -0.1) is 0 Å². The fraction of sp³-hybridized carbons (Fsp3) is 0.357. The van der Waals surface area contributed by atoms with Crippen molar-refractivity contribution in [1.82, 2.24) is 29.5 Å². The van der Waals surface area contributed by atoms with E-state index in [1.165, 1.54) is 24.9 Å². The van der Waals surface area contributed by atoms with Gasteiger partial charge in [-0.2, -0.15) is 4.98 Å². The summed E-state index contributed by atoms with van der Waals surface area (Å²) < 4.78 is 7.16. The molecule has 1 aliphatic heterocycles. The van der Waals surface area contributed by atoms with Gasteiger partial charge in [-0.3, -0.25) is 19.3 Å². The Morgan fingerprint density at radius 2 is 2.28 bits per heavy atom. The van der Waals surface area contributed by atoms with Crippen LogP contribution in [0.25, 0.3) is 11.2 Å². The van der Waals surface area contributed by atoms with Crippen LogP contribution in [-0.2, 0) is 4.74 Å². The molecule has 1 saturated heterocycles. The van der Waals surface area contributed by atoms with Crippen molar-refractivity contribution in [1.29, 1.82) is 0 Å². The SMILES string of the molecule is O=c1[nH]c(Nc2cnccn2)nc2c1ncn2[C@H]1C[C@H](O)[C@@H](CO)O1. The van der Waals surface area contributed by atoms with Gasteiger partial charge in [-0.1, -0.05) is 0 Å². The molecule has 130 valence electrons. The highest BCUT2D eigenvalue weighted by molar-refractivity contribution is 5.71. The maximum atomic E-state index is 12.2. The Labute approximate surface area is 140 Å². The molecule has 0 amide bonds. The maximum absolute atomic E-state index is 12.2. The summed E-state index contributed by atoms with van der Waals surface area (Å²) >= 11 is 0. The highest BCUT2D eigenvalue weighted by Crippen LogP contribution is 2.30. The average Bonchev–Trinajstić information content (AvgIpc) is 3.19. The number of hydrogen-bond donors (Lipinski definition) is 4. The van der Waals surface area contributed by atoms with Crippen LogP contribution in [0.15, 0.2) is 29.7 Å². The summed E-state index contributed by atoms with van der Waals surface area (Å²) in [5, 5.41) is 22.0. The topological polar surface area (TPSA) is 151 Å². The highest BCUT2D eigenvalue weighted by atomic mass is 16.5. The number of fused-ring (bicyclic) bond motifs is 1. The van der Waals surface area contributed by atoms with Crippen LogP contribution in [-0.4, -0.2) is 58.5 Å². The standard InChI is InChI=1S/C14H15N7O4/c22-5-8-7(23)3-10(25-8)21-6-17-11-12(21)19-14(20-13(11)24)18-9-4-15-1-2-16-9/h1-2,4,6-8,10,22-23H,3,5H2,(H2,16,18,19,20,24)/t7-,8+,10+/m0/s1. The van der Waals surface area contributed by atoms with Gasteiger partial charge in [0.15, 0.2) is 17.0 Å². The molecule has 4 rings (SSSR count). The van der Waals surface area contributed by atoms with Crippen LogP contribution in [0.5, 0.6) is 0 Å². The number of ether oxygens (including phenoxy) is 1. The third kappa shape index (κ3) is 2.84. The molecular weight excluding hydrogens is 330 g/mol. The zero-order chi connectivity index (χ0) is 17.4. The lowest BCUT2D eigenvalue weighted by Crippen LogP contribution is -2.24. The molecular formula is C14H15N7O4. The van der Waals surface area contributed by atoms with E-state index in [0.717, 1.165) is 0 Å². The molecule has 11 nitrogen and oxygen atoms in total. The van der Waals surface area contributed by atoms with E-state index in [-0.39, 0.29) is 24.5 Å². The molecule has 25 heavy (non-hydrogen) atoms. The Kier molecular flexibility index (Phi) is 3.87. The van der Waals surface area contributed by atoms with Crippen LogP contribution in [0.2, 0.25) is 0 Å². The number of nitrogens with one attached hydrogen (secondary N) is 2. The van der Waals surface area contributed by atoms with Crippen LogP contribution in [0.4, 0.5) is 11.8 Å². The van der Waals surface area contributed by atoms with E-state index in [1.54, 1.807) is 4.57 Å². The Hall–Kier alpha value is -2.89. The third-order valence-electron chi connectivity index (χ3n) is 3.94. The molecule has 3 aromatic rings. The Balaban J connectivity index is 1.71. The second kappa shape index (κ2) is 6.20. The van der Waals surface area contributed by atoms with Crippen LogP contribution < -0.4 is 10.9 Å². The zero-order valence-corrected chi connectivity index (χ0v) is 12.9. The smallest absolute Gasteiger partial charge is 0.280 e. The van der Waals surface area contributed by atoms with E-state index in [2.05, 4.69) is 30.2 Å². The fourth-order valence-corrected chi connectivity index (χ4v) is 2.73. The van der Waals surface area contributed by atoms with E-state index in [4.69, 9.17) is 4.74 Å². The number of anilines is 2. The summed E-state index contributed by atoms with van der Waals surface area (Å²) in [5.41, 5.74) is 0.0218. The molecule has 0 aliphatic carbocycles. The molecule has 0 spiro atoms. The summed E-state index contributed by atoms with van der Waals surface area (Å²) in [4.78, 5) is 31.2. The van der Waals surface area contributed by atoms with Crippen molar-refractivity contribution < 1.29 is 14.9 Å². The minimum atomic E-state index is -0.799. The zero-order valence-electron chi connectivity index (χ0n) is 12.9. The minimum Gasteiger partial charge on any atom is -0.394 e. The predicted octanol–water partition coefficient (Wildman–Crippen LogP) is -0.706. The first-order chi connectivity index (χ1) is 12.2. The largest absolute Gasteiger partial charge is 0.394 e. The summed E-state index contributed by atoms with van der Waals surface area (Å²) in [6, 6.07) is 0. The van der Waals surface area contributed by atoms with Gasteiger partial charge < -0.3 is 20.3 Å². The van der Waals surface area contributed by atoms with Gasteiger partial charge in [0, 0.05) is 18.8 Å². The summed E-state index contributed by atoms with van der Waals surface area (Å²) in [6.07, 6.45) is 4.16. The van der Waals surface area contributed by atoms with Gasteiger partial charge in [0.05, 0.1) is 25.2 Å². The van der Waals surface area contributed by atoms with Gasteiger partial charge in [-0.25, -0.2) is 9.97 Å². The average molecular weight is 345 g/mol. The molecule has 0 radical (unpaired) electrons. The summed E-state index contributed by atoms with van der Waals surface area (Å²) in [5.74, 6) is 0.598. The summed E-state index contributed by atoms with van der Waals surface area (Å²) in [7, 11) is 0.